The Morgan fingerprint density at radius 3 is 2.56 bits per heavy atom. The van der Waals surface area contributed by atoms with E-state index in [1.54, 1.807) is 0 Å². The molecule has 0 amide bonds. The van der Waals surface area contributed by atoms with Crippen LogP contribution in [-0.4, -0.2) is 5.78 Å². The van der Waals surface area contributed by atoms with Gasteiger partial charge in [-0.15, -0.1) is 0 Å². The second-order valence-electron chi connectivity index (χ2n) is 4.28. The fourth-order valence-electron chi connectivity index (χ4n) is 2.14. The SMILES string of the molecule is O=C1CC(c2ccc(I)cc2)Oc2ccccc21. The second-order valence-corrected chi connectivity index (χ2v) is 5.53. The van der Waals surface area contributed by atoms with Gasteiger partial charge >= 0.3 is 0 Å². The molecule has 0 spiro atoms. The topological polar surface area (TPSA) is 26.3 Å². The van der Waals surface area contributed by atoms with Gasteiger partial charge in [0.05, 0.1) is 12.0 Å². The summed E-state index contributed by atoms with van der Waals surface area (Å²) in [5, 5.41) is 0. The van der Waals surface area contributed by atoms with E-state index in [0.29, 0.717) is 17.7 Å². The lowest BCUT2D eigenvalue weighted by molar-refractivity contribution is 0.0850. The molecule has 0 fully saturated rings. The van der Waals surface area contributed by atoms with Crippen LogP contribution < -0.4 is 4.74 Å². The number of ether oxygens (including phenoxy) is 1. The summed E-state index contributed by atoms with van der Waals surface area (Å²) in [6.07, 6.45) is 0.252. The third kappa shape index (κ3) is 2.14. The van der Waals surface area contributed by atoms with Gasteiger partial charge in [-0.25, -0.2) is 0 Å². The van der Waals surface area contributed by atoms with Crippen LogP contribution in [0.4, 0.5) is 0 Å². The van der Waals surface area contributed by atoms with Crippen molar-refractivity contribution in [1.29, 1.82) is 0 Å². The van der Waals surface area contributed by atoms with Crippen molar-refractivity contribution in [3.8, 4) is 5.75 Å². The Hall–Kier alpha value is -1.36. The van der Waals surface area contributed by atoms with Crippen LogP contribution >= 0.6 is 22.6 Å². The summed E-state index contributed by atoms with van der Waals surface area (Å²) in [6.45, 7) is 0. The summed E-state index contributed by atoms with van der Waals surface area (Å²) in [7, 11) is 0. The van der Waals surface area contributed by atoms with E-state index in [1.165, 1.54) is 3.57 Å². The number of carbonyl (C=O) groups is 1. The monoisotopic (exact) mass is 350 g/mol. The molecule has 1 aliphatic rings. The minimum absolute atomic E-state index is 0.153. The minimum atomic E-state index is -0.163. The minimum Gasteiger partial charge on any atom is -0.484 e. The molecule has 0 aromatic heterocycles. The fourth-order valence-corrected chi connectivity index (χ4v) is 2.50. The van der Waals surface area contributed by atoms with Gasteiger partial charge in [0.1, 0.15) is 11.9 Å². The predicted molar refractivity (Wildman–Crippen MR) is 77.9 cm³/mol. The van der Waals surface area contributed by atoms with Crippen LogP contribution in [0.25, 0.3) is 0 Å². The molecule has 0 bridgehead atoms. The van der Waals surface area contributed by atoms with Gasteiger partial charge in [-0.2, -0.15) is 0 Å². The maximum absolute atomic E-state index is 12.1. The molecule has 1 unspecified atom stereocenters. The van der Waals surface area contributed by atoms with Gasteiger partial charge in [0.2, 0.25) is 0 Å². The van der Waals surface area contributed by atoms with Gasteiger partial charge in [-0.1, -0.05) is 24.3 Å². The lowest BCUT2D eigenvalue weighted by atomic mass is 9.96. The highest BCUT2D eigenvalue weighted by Crippen LogP contribution is 2.34. The standard InChI is InChI=1S/C15H11IO2/c16-11-7-5-10(6-8-11)15-9-13(17)12-3-1-2-4-14(12)18-15/h1-8,15H,9H2. The molecule has 0 aliphatic carbocycles. The van der Waals surface area contributed by atoms with Crippen molar-refractivity contribution in [2.45, 2.75) is 12.5 Å². The van der Waals surface area contributed by atoms with Crippen LogP contribution in [0.15, 0.2) is 48.5 Å². The van der Waals surface area contributed by atoms with Crippen LogP contribution in [0.1, 0.15) is 28.4 Å². The van der Waals surface area contributed by atoms with Gasteiger partial charge in [0.15, 0.2) is 5.78 Å². The Labute approximate surface area is 119 Å². The van der Waals surface area contributed by atoms with E-state index in [4.69, 9.17) is 4.74 Å². The summed E-state index contributed by atoms with van der Waals surface area (Å²) in [6, 6.07) is 15.5. The summed E-state index contributed by atoms with van der Waals surface area (Å²) >= 11 is 2.26. The molecular formula is C15H11IO2. The molecule has 1 atom stereocenters. The van der Waals surface area contributed by atoms with Crippen LogP contribution in [0.3, 0.4) is 0 Å². The molecule has 3 rings (SSSR count). The van der Waals surface area contributed by atoms with Crippen molar-refractivity contribution in [3.05, 3.63) is 63.2 Å². The van der Waals surface area contributed by atoms with Crippen molar-refractivity contribution < 1.29 is 9.53 Å². The average molecular weight is 350 g/mol. The van der Waals surface area contributed by atoms with Gasteiger partial charge in [0, 0.05) is 3.57 Å². The van der Waals surface area contributed by atoms with E-state index in [2.05, 4.69) is 22.6 Å². The normalized spacial score (nSPS) is 18.1. The van der Waals surface area contributed by atoms with E-state index >= 15 is 0 Å². The predicted octanol–water partition coefficient (Wildman–Crippen LogP) is 4.00. The van der Waals surface area contributed by atoms with E-state index in [-0.39, 0.29) is 11.9 Å². The summed E-state index contributed by atoms with van der Waals surface area (Å²) < 4.78 is 7.08. The van der Waals surface area contributed by atoms with E-state index in [9.17, 15) is 4.79 Å². The highest BCUT2D eigenvalue weighted by Gasteiger charge is 2.26. The van der Waals surface area contributed by atoms with Gasteiger partial charge in [-0.05, 0) is 52.4 Å². The highest BCUT2D eigenvalue weighted by atomic mass is 127. The first-order valence-electron chi connectivity index (χ1n) is 5.78. The molecule has 3 heteroatoms. The van der Waals surface area contributed by atoms with Crippen molar-refractivity contribution in [2.75, 3.05) is 0 Å². The molecule has 2 aromatic carbocycles. The molecule has 2 aromatic rings. The number of benzene rings is 2. The number of hydrogen-bond donors (Lipinski definition) is 0. The lowest BCUT2D eigenvalue weighted by Crippen LogP contribution is -2.20. The van der Waals surface area contributed by atoms with E-state index < -0.39 is 0 Å². The molecule has 90 valence electrons. The Morgan fingerprint density at radius 1 is 1.06 bits per heavy atom. The smallest absolute Gasteiger partial charge is 0.170 e. The van der Waals surface area contributed by atoms with Crippen molar-refractivity contribution in [2.24, 2.45) is 0 Å². The number of para-hydroxylation sites is 1. The summed E-state index contributed by atoms with van der Waals surface area (Å²) in [5.74, 6) is 0.845. The zero-order valence-electron chi connectivity index (χ0n) is 9.60. The van der Waals surface area contributed by atoms with Crippen LogP contribution in [-0.2, 0) is 0 Å². The number of carbonyl (C=O) groups excluding carboxylic acids is 1. The van der Waals surface area contributed by atoms with E-state index in [0.717, 1.165) is 5.56 Å². The maximum Gasteiger partial charge on any atom is 0.170 e. The molecule has 0 radical (unpaired) electrons. The largest absolute Gasteiger partial charge is 0.484 e. The first-order chi connectivity index (χ1) is 8.74. The molecule has 1 aliphatic heterocycles. The first kappa shape index (κ1) is 11.7. The third-order valence-corrected chi connectivity index (χ3v) is 3.79. The number of hydrogen-bond acceptors (Lipinski definition) is 2. The Balaban J connectivity index is 1.94. The number of fused-ring (bicyclic) bond motifs is 1. The van der Waals surface area contributed by atoms with Crippen LogP contribution in [0.2, 0.25) is 0 Å². The van der Waals surface area contributed by atoms with Gasteiger partial charge < -0.3 is 4.74 Å². The second kappa shape index (κ2) is 4.72. The lowest BCUT2D eigenvalue weighted by Gasteiger charge is -2.25. The molecule has 0 saturated carbocycles. The van der Waals surface area contributed by atoms with Crippen LogP contribution in [0, 0.1) is 3.57 Å². The Morgan fingerprint density at radius 2 is 1.78 bits per heavy atom. The average Bonchev–Trinajstić information content (AvgIpc) is 2.39. The summed E-state index contributed by atoms with van der Waals surface area (Å²) in [4.78, 5) is 12.1. The summed E-state index contributed by atoms with van der Waals surface area (Å²) in [5.41, 5.74) is 1.75. The zero-order valence-corrected chi connectivity index (χ0v) is 11.8. The van der Waals surface area contributed by atoms with Crippen LogP contribution in [0.5, 0.6) is 5.75 Å². The Bertz CT molecular complexity index is 590. The fraction of sp³-hybridized carbons (Fsp3) is 0.133. The quantitative estimate of drug-likeness (QED) is 0.727. The molecule has 1 heterocycles. The first-order valence-corrected chi connectivity index (χ1v) is 6.86. The third-order valence-electron chi connectivity index (χ3n) is 3.07. The maximum atomic E-state index is 12.1. The number of halogens is 1. The van der Waals surface area contributed by atoms with Gasteiger partial charge in [0.25, 0.3) is 0 Å². The van der Waals surface area contributed by atoms with E-state index in [1.807, 2.05) is 48.5 Å². The number of ketones is 1. The number of rotatable bonds is 1. The Kier molecular flexibility index (Phi) is 3.07. The molecular weight excluding hydrogens is 339 g/mol. The molecule has 2 nitrogen and oxygen atoms in total. The van der Waals surface area contributed by atoms with Crippen molar-refractivity contribution in [1.82, 2.24) is 0 Å². The van der Waals surface area contributed by atoms with Crippen molar-refractivity contribution >= 4 is 28.4 Å². The highest BCUT2D eigenvalue weighted by molar-refractivity contribution is 14.1. The van der Waals surface area contributed by atoms with Gasteiger partial charge in [-0.3, -0.25) is 4.79 Å². The molecule has 0 saturated heterocycles. The molecule has 18 heavy (non-hydrogen) atoms. The molecule has 0 N–H and O–H groups in total. The number of Topliss-reactive ketones (excluding diaryl/α,β-unsaturated/α-hetero) is 1. The van der Waals surface area contributed by atoms with Crippen molar-refractivity contribution in [3.63, 3.8) is 0 Å². The zero-order chi connectivity index (χ0) is 12.5.